The summed E-state index contributed by atoms with van der Waals surface area (Å²) >= 11 is 0. The average molecular weight is 1270 g/mol. The maximum absolute atomic E-state index is 13.0. The van der Waals surface area contributed by atoms with E-state index in [9.17, 15) is 43.2 Å². The second-order valence-corrected chi connectivity index (χ2v) is 27.4. The van der Waals surface area contributed by atoms with Crippen LogP contribution in [0.4, 0.5) is 0 Å². The third kappa shape index (κ3) is 59.7. The van der Waals surface area contributed by atoms with Crippen LogP contribution >= 0.6 is 15.6 Å². The Hall–Kier alpha value is -1.94. The number of aliphatic hydroxyl groups excluding tert-OH is 1. The van der Waals surface area contributed by atoms with Crippen LogP contribution in [0, 0.1) is 5.92 Å². The van der Waals surface area contributed by atoms with E-state index in [0.29, 0.717) is 25.7 Å². The van der Waals surface area contributed by atoms with Gasteiger partial charge in [0.1, 0.15) is 19.3 Å². The maximum atomic E-state index is 13.0. The number of rotatable bonds is 67. The number of ether oxygens (including phenoxy) is 4. The van der Waals surface area contributed by atoms with Crippen LogP contribution in [0.5, 0.6) is 0 Å². The average Bonchev–Trinajstić information content (AvgIpc) is 3.57. The van der Waals surface area contributed by atoms with Gasteiger partial charge in [-0.05, 0) is 31.6 Å². The van der Waals surface area contributed by atoms with Crippen molar-refractivity contribution in [2.45, 2.75) is 361 Å². The molecular weight excluding hydrogens is 1140 g/mol. The molecule has 0 aromatic carbocycles. The Morgan fingerprint density at radius 3 is 0.826 bits per heavy atom. The molecule has 0 aromatic heterocycles. The number of carbonyl (C=O) groups is 4. The van der Waals surface area contributed by atoms with Crippen molar-refractivity contribution in [3.05, 3.63) is 0 Å². The number of aliphatic hydroxyl groups is 1. The van der Waals surface area contributed by atoms with E-state index in [-0.39, 0.29) is 25.7 Å². The van der Waals surface area contributed by atoms with Gasteiger partial charge in [0.25, 0.3) is 0 Å². The van der Waals surface area contributed by atoms with E-state index in [0.717, 1.165) is 102 Å². The normalized spacial score (nSPS) is 14.5. The molecule has 510 valence electrons. The van der Waals surface area contributed by atoms with Crippen molar-refractivity contribution in [2.24, 2.45) is 5.92 Å². The predicted molar refractivity (Wildman–Crippen MR) is 345 cm³/mol. The standard InChI is InChI=1S/C67H130O17P2/c1-6-10-13-16-18-20-22-24-26-28-30-32-34-36-42-47-52-66(71)83-63(57-78-65(70)51-46-41-35-33-31-29-27-25-23-21-19-17-14-11-7-2)59-82-86(75,76)80-55-61(68)54-79-85(73,74)81-58-62(56-77-64(69)50-45-39-15-12-8-3)84-67(72)53-48-43-38-37-40-44-49-60(5)9-4/h60-63,68H,6-59H2,1-5H3,(H,73,74)(H,75,76)/t60?,61-,62+,63+/m0/s1. The molecule has 0 fully saturated rings. The molecular formula is C67H130O17P2. The lowest BCUT2D eigenvalue weighted by molar-refractivity contribution is -0.161. The molecule has 0 amide bonds. The molecule has 0 saturated heterocycles. The van der Waals surface area contributed by atoms with Gasteiger partial charge in [0, 0.05) is 25.7 Å². The van der Waals surface area contributed by atoms with Crippen molar-refractivity contribution in [2.75, 3.05) is 39.6 Å². The third-order valence-electron chi connectivity index (χ3n) is 15.9. The zero-order valence-corrected chi connectivity index (χ0v) is 57.2. The van der Waals surface area contributed by atoms with E-state index in [2.05, 4.69) is 34.6 Å². The Kier molecular flexibility index (Phi) is 59.2. The number of hydrogen-bond acceptors (Lipinski definition) is 15. The Bertz CT molecular complexity index is 1670. The second-order valence-electron chi connectivity index (χ2n) is 24.5. The van der Waals surface area contributed by atoms with Crippen molar-refractivity contribution in [3.63, 3.8) is 0 Å². The molecule has 6 atom stereocenters. The molecule has 0 aliphatic carbocycles. The highest BCUT2D eigenvalue weighted by Gasteiger charge is 2.30. The Morgan fingerprint density at radius 2 is 0.558 bits per heavy atom. The summed E-state index contributed by atoms with van der Waals surface area (Å²) < 4.78 is 67.9. The minimum absolute atomic E-state index is 0.102. The van der Waals surface area contributed by atoms with Crippen LogP contribution in [0.3, 0.4) is 0 Å². The molecule has 0 saturated carbocycles. The van der Waals surface area contributed by atoms with Gasteiger partial charge in [-0.3, -0.25) is 37.3 Å². The van der Waals surface area contributed by atoms with Crippen LogP contribution in [0.25, 0.3) is 0 Å². The topological polar surface area (TPSA) is 237 Å². The first kappa shape index (κ1) is 84.1. The molecule has 0 aromatic rings. The fourth-order valence-corrected chi connectivity index (χ4v) is 11.7. The summed E-state index contributed by atoms with van der Waals surface area (Å²) in [5.74, 6) is -1.42. The summed E-state index contributed by atoms with van der Waals surface area (Å²) in [6, 6.07) is 0. The van der Waals surface area contributed by atoms with Gasteiger partial charge in [0.2, 0.25) is 0 Å². The molecule has 86 heavy (non-hydrogen) atoms. The van der Waals surface area contributed by atoms with Gasteiger partial charge >= 0.3 is 39.5 Å². The molecule has 19 heteroatoms. The number of carbonyl (C=O) groups excluding carboxylic acids is 4. The maximum Gasteiger partial charge on any atom is 0.472 e. The summed E-state index contributed by atoms with van der Waals surface area (Å²) in [7, 11) is -9.88. The SMILES string of the molecule is CCCCCCCCCCCCCCCCCCC(=O)O[C@H](COC(=O)CCCCCCCCCCCCCCCCC)COP(=O)(O)OC[C@@H](O)COP(=O)(O)OC[C@@H](COC(=O)CCCCCCC)OC(=O)CCCCCCCCC(C)CC. The molecule has 0 radical (unpaired) electrons. The third-order valence-corrected chi connectivity index (χ3v) is 17.8. The summed E-state index contributed by atoms with van der Waals surface area (Å²) in [4.78, 5) is 72.1. The fraction of sp³-hybridized carbons (Fsp3) is 0.940. The lowest BCUT2D eigenvalue weighted by Crippen LogP contribution is -2.30. The molecule has 3 unspecified atom stereocenters. The molecule has 0 bridgehead atoms. The van der Waals surface area contributed by atoms with Crippen LogP contribution in [-0.2, 0) is 65.4 Å². The number of unbranched alkanes of at least 4 members (excludes halogenated alkanes) is 38. The van der Waals surface area contributed by atoms with E-state index < -0.39 is 97.5 Å². The van der Waals surface area contributed by atoms with Crippen molar-refractivity contribution >= 4 is 39.5 Å². The quantitative estimate of drug-likeness (QED) is 0.0222. The first-order valence-electron chi connectivity index (χ1n) is 35.2. The van der Waals surface area contributed by atoms with Crippen molar-refractivity contribution in [3.8, 4) is 0 Å². The van der Waals surface area contributed by atoms with Crippen molar-refractivity contribution in [1.29, 1.82) is 0 Å². The Morgan fingerprint density at radius 1 is 0.326 bits per heavy atom. The smallest absolute Gasteiger partial charge is 0.462 e. The van der Waals surface area contributed by atoms with Gasteiger partial charge in [0.15, 0.2) is 12.2 Å². The first-order chi connectivity index (χ1) is 41.6. The van der Waals surface area contributed by atoms with Gasteiger partial charge < -0.3 is 33.8 Å². The minimum Gasteiger partial charge on any atom is -0.462 e. The van der Waals surface area contributed by atoms with E-state index in [1.54, 1.807) is 0 Å². The van der Waals surface area contributed by atoms with E-state index in [4.69, 9.17) is 37.0 Å². The summed E-state index contributed by atoms with van der Waals surface area (Å²) in [5.41, 5.74) is 0. The number of phosphoric ester groups is 2. The number of esters is 4. The van der Waals surface area contributed by atoms with Crippen molar-refractivity contribution < 1.29 is 80.2 Å². The van der Waals surface area contributed by atoms with E-state index in [1.807, 2.05) is 0 Å². The molecule has 0 spiro atoms. The second kappa shape index (κ2) is 60.6. The van der Waals surface area contributed by atoms with E-state index >= 15 is 0 Å². The van der Waals surface area contributed by atoms with Gasteiger partial charge in [-0.25, -0.2) is 9.13 Å². The van der Waals surface area contributed by atoms with Gasteiger partial charge in [-0.2, -0.15) is 0 Å². The van der Waals surface area contributed by atoms with E-state index in [1.165, 1.54) is 161 Å². The number of phosphoric acid groups is 2. The van der Waals surface area contributed by atoms with Gasteiger partial charge in [-0.15, -0.1) is 0 Å². The zero-order valence-electron chi connectivity index (χ0n) is 55.4. The van der Waals surface area contributed by atoms with Crippen LogP contribution in [0.2, 0.25) is 0 Å². The van der Waals surface area contributed by atoms with Crippen molar-refractivity contribution in [1.82, 2.24) is 0 Å². The lowest BCUT2D eigenvalue weighted by Gasteiger charge is -2.21. The molecule has 0 rings (SSSR count). The Balaban J connectivity index is 5.17. The molecule has 17 nitrogen and oxygen atoms in total. The Labute approximate surface area is 524 Å². The van der Waals surface area contributed by atoms with Gasteiger partial charge in [0.05, 0.1) is 26.4 Å². The molecule has 3 N–H and O–H groups in total. The molecule has 0 aliphatic rings. The van der Waals surface area contributed by atoms with Gasteiger partial charge in [-0.1, -0.05) is 291 Å². The lowest BCUT2D eigenvalue weighted by atomic mass is 10.00. The fourth-order valence-electron chi connectivity index (χ4n) is 10.1. The summed E-state index contributed by atoms with van der Waals surface area (Å²) in [6.45, 7) is 7.09. The van der Waals surface area contributed by atoms with Crippen LogP contribution in [0.1, 0.15) is 343 Å². The highest BCUT2D eigenvalue weighted by atomic mass is 31.2. The summed E-state index contributed by atoms with van der Waals surface area (Å²) in [6.07, 6.45) is 46.2. The predicted octanol–water partition coefficient (Wildman–Crippen LogP) is 19.0. The number of hydrogen-bond donors (Lipinski definition) is 3. The molecule has 0 aliphatic heterocycles. The molecule has 0 heterocycles. The highest BCUT2D eigenvalue weighted by Crippen LogP contribution is 2.45. The highest BCUT2D eigenvalue weighted by molar-refractivity contribution is 7.47. The summed E-state index contributed by atoms with van der Waals surface area (Å²) in [5, 5.41) is 10.5. The van der Waals surface area contributed by atoms with Crippen LogP contribution < -0.4 is 0 Å². The van der Waals surface area contributed by atoms with Crippen LogP contribution in [-0.4, -0.2) is 96.7 Å². The minimum atomic E-state index is -4.95. The van der Waals surface area contributed by atoms with Crippen LogP contribution in [0.15, 0.2) is 0 Å². The monoisotopic (exact) mass is 1270 g/mol. The first-order valence-corrected chi connectivity index (χ1v) is 38.2. The zero-order chi connectivity index (χ0) is 63.5. The largest absolute Gasteiger partial charge is 0.472 e.